The van der Waals surface area contributed by atoms with Crippen molar-refractivity contribution < 1.29 is 69.1 Å². The molecule has 0 amide bonds. The normalized spacial score (nSPS) is 11.0. The smallest absolute Gasteiger partial charge is 0.447 e. The Morgan fingerprint density at radius 2 is 2.08 bits per heavy atom. The van der Waals surface area contributed by atoms with Gasteiger partial charge in [0, 0.05) is 11.4 Å². The van der Waals surface area contributed by atoms with E-state index in [2.05, 4.69) is 4.74 Å². The third-order valence-electron chi connectivity index (χ3n) is 1.13. The fourth-order valence-electron chi connectivity index (χ4n) is 0.688. The summed E-state index contributed by atoms with van der Waals surface area (Å²) in [5.41, 5.74) is 0. The van der Waals surface area contributed by atoms with E-state index in [1.54, 1.807) is 17.5 Å². The second-order valence-electron chi connectivity index (χ2n) is 2.30. The van der Waals surface area contributed by atoms with Crippen molar-refractivity contribution in [2.24, 2.45) is 0 Å². The number of thiophene rings is 1. The molecule has 0 fully saturated rings. The quantitative estimate of drug-likeness (QED) is 0.647. The molecule has 0 saturated carbocycles. The summed E-state index contributed by atoms with van der Waals surface area (Å²) in [6.07, 6.45) is 0. The topological polar surface area (TPSA) is 9.23 Å². The second kappa shape index (κ2) is 6.60. The molecule has 0 bridgehead atoms. The van der Waals surface area contributed by atoms with Crippen molar-refractivity contribution in [2.75, 3.05) is 6.51 Å². The van der Waals surface area contributed by atoms with Crippen LogP contribution < -0.4 is 51.4 Å². The van der Waals surface area contributed by atoms with E-state index in [0.29, 0.717) is 0 Å². The van der Waals surface area contributed by atoms with E-state index in [1.807, 2.05) is 0 Å². The summed E-state index contributed by atoms with van der Waals surface area (Å²) in [7, 11) is 0. The molecule has 0 unspecified atom stereocenters. The van der Waals surface area contributed by atoms with Crippen LogP contribution in [-0.2, 0) is 11.3 Å². The molecule has 0 spiro atoms. The van der Waals surface area contributed by atoms with Crippen LogP contribution in [0.15, 0.2) is 17.5 Å². The van der Waals surface area contributed by atoms with Crippen LogP contribution in [0.5, 0.6) is 0 Å². The van der Waals surface area contributed by atoms with Crippen LogP contribution in [0.3, 0.4) is 0 Å². The maximum Gasteiger partial charge on any atom is 1.00 e. The standard InChI is InChI=1S/C6H7BF3OS.K/c8-7(9,10)5-11-4-6-2-1-3-12-6;/h1-3H,4-5H2;/q-1;+1. The van der Waals surface area contributed by atoms with E-state index in [-0.39, 0.29) is 58.0 Å². The van der Waals surface area contributed by atoms with Crippen LogP contribution in [0, 0.1) is 0 Å². The Morgan fingerprint density at radius 1 is 1.38 bits per heavy atom. The molecule has 0 N–H and O–H groups in total. The van der Waals surface area contributed by atoms with Gasteiger partial charge in [0.1, 0.15) is 0 Å². The molecule has 1 nitrogen and oxygen atoms in total. The first kappa shape index (κ1) is 14.2. The number of halogens is 3. The first-order valence-corrected chi connectivity index (χ1v) is 4.27. The molecule has 0 radical (unpaired) electrons. The van der Waals surface area contributed by atoms with Gasteiger partial charge in [-0.25, -0.2) is 0 Å². The van der Waals surface area contributed by atoms with E-state index in [4.69, 9.17) is 0 Å². The van der Waals surface area contributed by atoms with Gasteiger partial charge >= 0.3 is 58.4 Å². The zero-order valence-corrected chi connectivity index (χ0v) is 11.1. The van der Waals surface area contributed by atoms with Crippen LogP contribution in [0.1, 0.15) is 4.88 Å². The molecule has 7 heteroatoms. The monoisotopic (exact) mass is 234 g/mol. The Morgan fingerprint density at radius 3 is 2.54 bits per heavy atom. The number of hydrogen-bond acceptors (Lipinski definition) is 2. The van der Waals surface area contributed by atoms with E-state index in [1.165, 1.54) is 11.3 Å². The Kier molecular flexibility index (Phi) is 7.19. The molecule has 13 heavy (non-hydrogen) atoms. The summed E-state index contributed by atoms with van der Waals surface area (Å²) in [4.78, 5) is 0.815. The summed E-state index contributed by atoms with van der Waals surface area (Å²) in [6.45, 7) is -5.86. The Balaban J connectivity index is 0.00000144. The molecule has 0 aromatic carbocycles. The molecule has 1 rings (SSSR count). The van der Waals surface area contributed by atoms with Gasteiger partial charge in [-0.3, -0.25) is 0 Å². The zero-order chi connectivity index (χ0) is 9.03. The van der Waals surface area contributed by atoms with Crippen LogP contribution in [-0.4, -0.2) is 13.5 Å². The van der Waals surface area contributed by atoms with Crippen LogP contribution in [0.4, 0.5) is 12.9 Å². The van der Waals surface area contributed by atoms with Crippen molar-refractivity contribution in [2.45, 2.75) is 6.61 Å². The van der Waals surface area contributed by atoms with Crippen molar-refractivity contribution in [3.8, 4) is 0 Å². The Bertz CT molecular complexity index is 226. The predicted molar refractivity (Wildman–Crippen MR) is 43.1 cm³/mol. The van der Waals surface area contributed by atoms with E-state index < -0.39 is 13.5 Å². The molecule has 0 saturated heterocycles. The van der Waals surface area contributed by atoms with Crippen molar-refractivity contribution in [1.29, 1.82) is 0 Å². The minimum absolute atomic E-state index is 0. The maximum atomic E-state index is 11.6. The molecule has 0 aliphatic heterocycles. The largest absolute Gasteiger partial charge is 1.00 e. The number of ether oxygens (including phenoxy) is 1. The van der Waals surface area contributed by atoms with Gasteiger partial charge in [-0.05, 0) is 11.4 Å². The minimum atomic E-state index is -4.80. The molecule has 0 atom stereocenters. The van der Waals surface area contributed by atoms with Crippen molar-refractivity contribution >= 4 is 18.3 Å². The van der Waals surface area contributed by atoms with E-state index in [0.717, 1.165) is 4.88 Å². The van der Waals surface area contributed by atoms with E-state index >= 15 is 0 Å². The third kappa shape index (κ3) is 7.12. The molecule has 1 aromatic heterocycles. The minimum Gasteiger partial charge on any atom is -0.447 e. The average molecular weight is 234 g/mol. The summed E-state index contributed by atoms with van der Waals surface area (Å²) >= 11 is 1.39. The van der Waals surface area contributed by atoms with Crippen LogP contribution in [0.2, 0.25) is 0 Å². The van der Waals surface area contributed by atoms with Crippen molar-refractivity contribution in [3.63, 3.8) is 0 Å². The van der Waals surface area contributed by atoms with Gasteiger partial charge in [-0.2, -0.15) is 0 Å². The number of hydrogen-bond donors (Lipinski definition) is 0. The summed E-state index contributed by atoms with van der Waals surface area (Å²) < 4.78 is 39.3. The Hall–Kier alpha value is 1.15. The van der Waals surface area contributed by atoms with Gasteiger partial charge < -0.3 is 17.7 Å². The fourth-order valence-corrected chi connectivity index (χ4v) is 1.33. The van der Waals surface area contributed by atoms with Crippen molar-refractivity contribution in [3.05, 3.63) is 22.4 Å². The third-order valence-corrected chi connectivity index (χ3v) is 1.98. The predicted octanol–water partition coefficient (Wildman–Crippen LogP) is -0.345. The average Bonchev–Trinajstić information content (AvgIpc) is 2.36. The molecule has 0 aliphatic carbocycles. The van der Waals surface area contributed by atoms with Gasteiger partial charge in [-0.1, -0.05) is 6.07 Å². The maximum absolute atomic E-state index is 11.6. The van der Waals surface area contributed by atoms with Crippen LogP contribution in [0.25, 0.3) is 0 Å². The fraction of sp³-hybridized carbons (Fsp3) is 0.333. The zero-order valence-electron chi connectivity index (χ0n) is 7.17. The molecule has 68 valence electrons. The van der Waals surface area contributed by atoms with Crippen molar-refractivity contribution in [1.82, 2.24) is 0 Å². The first-order valence-electron chi connectivity index (χ1n) is 3.39. The Labute approximate surface area is 121 Å². The van der Waals surface area contributed by atoms with E-state index in [9.17, 15) is 12.9 Å². The molecule has 1 heterocycles. The van der Waals surface area contributed by atoms with Crippen LogP contribution >= 0.6 is 11.3 Å². The molecular weight excluding hydrogens is 227 g/mol. The summed E-state index contributed by atoms with van der Waals surface area (Å²) in [5, 5.41) is 1.80. The second-order valence-corrected chi connectivity index (χ2v) is 3.34. The van der Waals surface area contributed by atoms with Gasteiger partial charge in [0.2, 0.25) is 0 Å². The SMILES string of the molecule is F[B-](F)(F)COCc1cccs1.[K+]. The summed E-state index contributed by atoms with van der Waals surface area (Å²) in [5.74, 6) is 0. The first-order chi connectivity index (χ1) is 5.58. The summed E-state index contributed by atoms with van der Waals surface area (Å²) in [6, 6.07) is 3.52. The van der Waals surface area contributed by atoms with Gasteiger partial charge in [0.25, 0.3) is 0 Å². The van der Waals surface area contributed by atoms with Gasteiger partial charge in [0.15, 0.2) is 0 Å². The molecular formula is C6H7BF3KOS. The number of rotatable bonds is 4. The van der Waals surface area contributed by atoms with Gasteiger partial charge in [0.05, 0.1) is 6.61 Å². The molecule has 0 aliphatic rings. The molecule has 1 aromatic rings. The van der Waals surface area contributed by atoms with Gasteiger partial charge in [-0.15, -0.1) is 11.3 Å².